The molecule has 1 heterocycles. The highest BCUT2D eigenvalue weighted by Crippen LogP contribution is 2.53. The Morgan fingerprint density at radius 3 is 2.15 bits per heavy atom. The summed E-state index contributed by atoms with van der Waals surface area (Å²) in [5.41, 5.74) is 6.33. The molecule has 78 valence electrons. The fraction of sp³-hybridized carbons (Fsp3) is 1.00. The van der Waals surface area contributed by atoms with Crippen LogP contribution >= 0.6 is 0 Å². The van der Waals surface area contributed by atoms with E-state index >= 15 is 0 Å². The molecule has 0 aliphatic carbocycles. The van der Waals surface area contributed by atoms with Crippen molar-refractivity contribution in [2.75, 3.05) is 0 Å². The summed E-state index contributed by atoms with van der Waals surface area (Å²) in [5.74, 6) is 0.589. The lowest BCUT2D eigenvalue weighted by molar-refractivity contribution is 0.213. The fourth-order valence-corrected chi connectivity index (χ4v) is 5.49. The molecule has 13 heavy (non-hydrogen) atoms. The van der Waals surface area contributed by atoms with E-state index in [1.165, 1.54) is 12.5 Å². The molecule has 0 aromatic heterocycles. The van der Waals surface area contributed by atoms with Gasteiger partial charge >= 0.3 is 0 Å². The van der Waals surface area contributed by atoms with Gasteiger partial charge in [-0.1, -0.05) is 33.7 Å². The minimum absolute atomic E-state index is 0.0963. The molecule has 3 atom stereocenters. The molecule has 0 radical (unpaired) electrons. The summed E-state index contributed by atoms with van der Waals surface area (Å²) in [7, 11) is -1.62. The van der Waals surface area contributed by atoms with Crippen molar-refractivity contribution in [1.82, 2.24) is 0 Å². The minimum atomic E-state index is -1.62. The van der Waals surface area contributed by atoms with Crippen LogP contribution in [0.4, 0.5) is 0 Å². The van der Waals surface area contributed by atoms with Crippen molar-refractivity contribution in [1.29, 1.82) is 0 Å². The van der Waals surface area contributed by atoms with E-state index in [0.717, 1.165) is 0 Å². The predicted octanol–water partition coefficient (Wildman–Crippen LogP) is 2.06. The number of hydrogen-bond acceptors (Lipinski definition) is 2. The van der Waals surface area contributed by atoms with Crippen LogP contribution in [0.15, 0.2) is 0 Å². The molecule has 4 N–H and O–H groups in total. The first-order valence-electron chi connectivity index (χ1n) is 5.21. The summed E-state index contributed by atoms with van der Waals surface area (Å²) in [5, 5.41) is 6.59. The van der Waals surface area contributed by atoms with Crippen LogP contribution in [0.1, 0.15) is 34.1 Å². The summed E-state index contributed by atoms with van der Waals surface area (Å²) >= 11 is 0. The Morgan fingerprint density at radius 2 is 1.77 bits per heavy atom. The Balaban J connectivity index is 3.07. The molecule has 1 saturated heterocycles. The molecule has 0 amide bonds. The van der Waals surface area contributed by atoms with Crippen LogP contribution in [0.25, 0.3) is 0 Å². The van der Waals surface area contributed by atoms with Gasteiger partial charge in [0.2, 0.25) is 0 Å². The third-order valence-corrected chi connectivity index (χ3v) is 9.62. The summed E-state index contributed by atoms with van der Waals surface area (Å²) in [6.07, 6.45) is 1.20. The van der Waals surface area contributed by atoms with Gasteiger partial charge in [0.05, 0.1) is 0 Å². The lowest BCUT2D eigenvalue weighted by Gasteiger charge is -2.57. The summed E-state index contributed by atoms with van der Waals surface area (Å²) in [4.78, 5) is 0. The lowest BCUT2D eigenvalue weighted by Crippen LogP contribution is -2.68. The minimum Gasteiger partial charge on any atom is -0.350 e. The van der Waals surface area contributed by atoms with Gasteiger partial charge in [0.25, 0.3) is 0 Å². The van der Waals surface area contributed by atoms with Gasteiger partial charge in [0, 0.05) is 5.54 Å². The quantitative estimate of drug-likeness (QED) is 0.588. The average Bonchev–Trinajstić information content (AvgIpc) is 1.97. The standard InChI is InChI=1S/C10H24N2Si/c1-8-6-7-13(5,12)9(2,3)10(8,4)11/h8H,6-7,11-12H2,1-5H3. The lowest BCUT2D eigenvalue weighted by atomic mass is 9.76. The molecule has 0 saturated carbocycles. The van der Waals surface area contributed by atoms with Crippen LogP contribution in [-0.2, 0) is 0 Å². The highest BCUT2D eigenvalue weighted by Gasteiger charge is 2.55. The average molecular weight is 200 g/mol. The molecule has 3 unspecified atom stereocenters. The van der Waals surface area contributed by atoms with Crippen molar-refractivity contribution in [3.05, 3.63) is 0 Å². The van der Waals surface area contributed by atoms with Crippen molar-refractivity contribution in [3.63, 3.8) is 0 Å². The number of hydrogen-bond donors (Lipinski definition) is 2. The van der Waals surface area contributed by atoms with Gasteiger partial charge in [-0.25, -0.2) is 0 Å². The molecule has 0 spiro atoms. The van der Waals surface area contributed by atoms with E-state index < -0.39 is 8.24 Å². The van der Waals surface area contributed by atoms with Gasteiger partial charge in [-0.2, -0.15) is 0 Å². The largest absolute Gasteiger partial charge is 0.350 e. The van der Waals surface area contributed by atoms with Crippen LogP contribution in [0, 0.1) is 5.92 Å². The highest BCUT2D eigenvalue weighted by atomic mass is 28.3. The monoisotopic (exact) mass is 200 g/mol. The summed E-state index contributed by atoms with van der Waals surface area (Å²) < 4.78 is 0. The van der Waals surface area contributed by atoms with Crippen LogP contribution in [0.2, 0.25) is 17.6 Å². The fourth-order valence-electron chi connectivity index (χ4n) is 2.36. The maximum Gasteiger partial charge on any atom is 0.127 e. The zero-order chi connectivity index (χ0) is 10.5. The Bertz CT molecular complexity index is 209. The molecule has 1 rings (SSSR count). The number of nitrogens with two attached hydrogens (primary N) is 2. The van der Waals surface area contributed by atoms with Crippen molar-refractivity contribution >= 4 is 8.24 Å². The van der Waals surface area contributed by atoms with Gasteiger partial charge in [-0.3, -0.25) is 0 Å². The Labute approximate surface area is 83.2 Å². The molecule has 0 bridgehead atoms. The van der Waals surface area contributed by atoms with Crippen molar-refractivity contribution in [2.24, 2.45) is 17.1 Å². The second-order valence-corrected chi connectivity index (χ2v) is 10.3. The molecule has 1 fully saturated rings. The third kappa shape index (κ3) is 1.37. The van der Waals surface area contributed by atoms with E-state index in [9.17, 15) is 0 Å². The zero-order valence-electron chi connectivity index (χ0n) is 9.65. The molecule has 2 nitrogen and oxygen atoms in total. The first kappa shape index (κ1) is 11.2. The van der Waals surface area contributed by atoms with Crippen molar-refractivity contribution in [3.8, 4) is 0 Å². The van der Waals surface area contributed by atoms with E-state index in [1.807, 2.05) is 0 Å². The van der Waals surface area contributed by atoms with E-state index in [1.54, 1.807) is 0 Å². The normalized spacial score (nSPS) is 50.5. The second kappa shape index (κ2) is 2.81. The Hall–Kier alpha value is 0.137. The van der Waals surface area contributed by atoms with E-state index in [0.29, 0.717) is 5.92 Å². The predicted molar refractivity (Wildman–Crippen MR) is 61.0 cm³/mol. The second-order valence-electron chi connectivity index (χ2n) is 5.76. The van der Waals surface area contributed by atoms with E-state index in [2.05, 4.69) is 34.2 Å². The van der Waals surface area contributed by atoms with Crippen LogP contribution in [-0.4, -0.2) is 13.8 Å². The van der Waals surface area contributed by atoms with Crippen LogP contribution in [0.3, 0.4) is 0 Å². The van der Waals surface area contributed by atoms with Crippen molar-refractivity contribution < 1.29 is 0 Å². The zero-order valence-corrected chi connectivity index (χ0v) is 10.6. The van der Waals surface area contributed by atoms with Crippen molar-refractivity contribution in [2.45, 2.75) is 57.3 Å². The van der Waals surface area contributed by atoms with E-state index in [4.69, 9.17) is 11.1 Å². The summed E-state index contributed by atoms with van der Waals surface area (Å²) in [6, 6.07) is 1.22. The van der Waals surface area contributed by atoms with E-state index in [-0.39, 0.29) is 10.6 Å². The Kier molecular flexibility index (Phi) is 2.43. The third-order valence-electron chi connectivity index (χ3n) is 4.89. The van der Waals surface area contributed by atoms with Gasteiger partial charge < -0.3 is 11.1 Å². The van der Waals surface area contributed by atoms with Gasteiger partial charge in [0.15, 0.2) is 0 Å². The first-order valence-corrected chi connectivity index (χ1v) is 7.99. The highest BCUT2D eigenvalue weighted by molar-refractivity contribution is 6.79. The molecular formula is C10H24N2Si. The molecule has 1 aliphatic rings. The number of rotatable bonds is 0. The molecule has 1 aliphatic heterocycles. The molecule has 3 heteroatoms. The van der Waals surface area contributed by atoms with Gasteiger partial charge in [0.1, 0.15) is 8.24 Å². The van der Waals surface area contributed by atoms with Crippen LogP contribution < -0.4 is 11.1 Å². The van der Waals surface area contributed by atoms with Gasteiger partial charge in [-0.15, -0.1) is 0 Å². The smallest absolute Gasteiger partial charge is 0.127 e. The van der Waals surface area contributed by atoms with Gasteiger partial charge in [-0.05, 0) is 23.9 Å². The topological polar surface area (TPSA) is 52.0 Å². The summed E-state index contributed by atoms with van der Waals surface area (Å²) in [6.45, 7) is 11.2. The molecular weight excluding hydrogens is 176 g/mol. The maximum absolute atomic E-state index is 6.45. The maximum atomic E-state index is 6.45. The first-order chi connectivity index (χ1) is 5.63. The van der Waals surface area contributed by atoms with Crippen LogP contribution in [0.5, 0.6) is 0 Å². The SMILES string of the molecule is CC1CC[Si](C)(N)C(C)(C)C1(C)N. The Morgan fingerprint density at radius 1 is 1.31 bits per heavy atom. The molecule has 0 aromatic rings. The molecule has 0 aromatic carbocycles.